The molecule has 1 saturated heterocycles. The maximum absolute atomic E-state index is 12.5. The number of nitrogens with zero attached hydrogens (tertiary/aromatic N) is 7. The first-order valence-corrected chi connectivity index (χ1v) is 12.9. The van der Waals surface area contributed by atoms with Crippen LogP contribution < -0.4 is 20.3 Å². The summed E-state index contributed by atoms with van der Waals surface area (Å²) in [7, 11) is 9.33. The maximum atomic E-state index is 12.5. The Bertz CT molecular complexity index is 1480. The molecule has 1 aliphatic heterocycles. The van der Waals surface area contributed by atoms with Gasteiger partial charge in [0.1, 0.15) is 17.9 Å². The van der Waals surface area contributed by atoms with Crippen LogP contribution in [0.2, 0.25) is 0 Å². The first-order valence-electron chi connectivity index (χ1n) is 12.9. The van der Waals surface area contributed by atoms with Gasteiger partial charge in [-0.1, -0.05) is 6.07 Å². The zero-order chi connectivity index (χ0) is 27.5. The van der Waals surface area contributed by atoms with E-state index in [2.05, 4.69) is 36.7 Å². The molecule has 0 saturated carbocycles. The Hall–Kier alpha value is -4.38. The molecule has 1 aliphatic rings. The smallest absolute Gasteiger partial charge is 0.236 e. The molecule has 0 bridgehead atoms. The quantitative estimate of drug-likeness (QED) is 0.356. The van der Waals surface area contributed by atoms with Crippen LogP contribution in [0.15, 0.2) is 48.9 Å². The number of aryl methyl sites for hydroxylation is 1. The predicted molar refractivity (Wildman–Crippen MR) is 155 cm³/mol. The Morgan fingerprint density at radius 3 is 2.56 bits per heavy atom. The summed E-state index contributed by atoms with van der Waals surface area (Å²) in [5, 5.41) is 12.1. The number of rotatable bonds is 8. The number of carbonyl (C=O) groups is 1. The van der Waals surface area contributed by atoms with Gasteiger partial charge in [-0.05, 0) is 32.3 Å². The molecule has 11 nitrogen and oxygen atoms in total. The monoisotopic (exact) mass is 529 g/mol. The molecule has 1 amide bonds. The minimum Gasteiger partial charge on any atom is -0.494 e. The highest BCUT2D eigenvalue weighted by Gasteiger charge is 2.24. The number of piperazine rings is 1. The van der Waals surface area contributed by atoms with Crippen molar-refractivity contribution in [2.24, 2.45) is 7.05 Å². The zero-order valence-electron chi connectivity index (χ0n) is 23.1. The number of nitrogens with one attached hydrogen (secondary N) is 2. The molecule has 0 aliphatic carbocycles. The van der Waals surface area contributed by atoms with Crippen molar-refractivity contribution in [3.05, 3.63) is 48.9 Å². The van der Waals surface area contributed by atoms with Crippen molar-refractivity contribution in [3.63, 3.8) is 0 Å². The lowest BCUT2D eigenvalue weighted by molar-refractivity contribution is -0.132. The second-order valence-corrected chi connectivity index (χ2v) is 9.88. The van der Waals surface area contributed by atoms with Gasteiger partial charge in [0.05, 0.1) is 48.1 Å². The number of hydrogen-bond acceptors (Lipinski definition) is 9. The van der Waals surface area contributed by atoms with Gasteiger partial charge in [0.25, 0.3) is 0 Å². The Balaban J connectivity index is 1.36. The van der Waals surface area contributed by atoms with Crippen LogP contribution in [-0.2, 0) is 11.8 Å². The SMILES string of the molecule is CNc1cc(Nc2cc(-c3ccc4c(cnn4C)c3)ncn2)c(OC)cc1N1CCN(C(=O)CN(C)C)CC1. The van der Waals surface area contributed by atoms with E-state index in [-0.39, 0.29) is 5.91 Å². The van der Waals surface area contributed by atoms with Gasteiger partial charge in [0, 0.05) is 63.4 Å². The topological polar surface area (TPSA) is 104 Å². The highest BCUT2D eigenvalue weighted by Crippen LogP contribution is 2.38. The van der Waals surface area contributed by atoms with Crippen molar-refractivity contribution >= 4 is 39.7 Å². The molecule has 2 aromatic heterocycles. The lowest BCUT2D eigenvalue weighted by Gasteiger charge is -2.37. The number of ether oxygens (including phenoxy) is 1. The van der Waals surface area contributed by atoms with E-state index in [4.69, 9.17) is 4.74 Å². The normalized spacial score (nSPS) is 13.7. The number of fused-ring (bicyclic) bond motifs is 1. The standard InChI is InChI=1S/C28H35N9O2/c1-29-22-13-23(26(39-5)15-25(22)36-8-10-37(11-9-36)28(38)17-34(2)3)33-27-14-21(30-18-31-27)19-6-7-24-20(12-19)16-32-35(24)4/h6-7,12-16,18,29H,8-11,17H2,1-5H3,(H,30,31,33). The van der Waals surface area contributed by atoms with Crippen LogP contribution in [0.1, 0.15) is 0 Å². The number of amides is 1. The van der Waals surface area contributed by atoms with Crippen LogP contribution in [-0.4, -0.2) is 96.4 Å². The van der Waals surface area contributed by atoms with Crippen LogP contribution in [0.5, 0.6) is 5.75 Å². The van der Waals surface area contributed by atoms with Crippen molar-refractivity contribution in [2.75, 3.05) is 76.5 Å². The Labute approximate surface area is 228 Å². The van der Waals surface area contributed by atoms with Gasteiger partial charge < -0.3 is 30.1 Å². The summed E-state index contributed by atoms with van der Waals surface area (Å²) in [6, 6.07) is 12.2. The third-order valence-corrected chi connectivity index (χ3v) is 6.98. The third-order valence-electron chi connectivity index (χ3n) is 6.98. The molecule has 0 radical (unpaired) electrons. The first-order chi connectivity index (χ1) is 18.9. The fraction of sp³-hybridized carbons (Fsp3) is 0.357. The molecule has 5 rings (SSSR count). The summed E-state index contributed by atoms with van der Waals surface area (Å²) >= 11 is 0. The van der Waals surface area contributed by atoms with Crippen LogP contribution in [0.3, 0.4) is 0 Å². The number of anilines is 4. The second-order valence-electron chi connectivity index (χ2n) is 9.88. The molecule has 0 spiro atoms. The van der Waals surface area contributed by atoms with Gasteiger partial charge in [0.15, 0.2) is 0 Å². The lowest BCUT2D eigenvalue weighted by atomic mass is 10.1. The van der Waals surface area contributed by atoms with E-state index < -0.39 is 0 Å². The van der Waals surface area contributed by atoms with E-state index in [1.165, 1.54) is 0 Å². The van der Waals surface area contributed by atoms with Gasteiger partial charge in [-0.3, -0.25) is 9.48 Å². The summed E-state index contributed by atoms with van der Waals surface area (Å²) in [5.41, 5.74) is 5.65. The molecular weight excluding hydrogens is 494 g/mol. The highest BCUT2D eigenvalue weighted by atomic mass is 16.5. The van der Waals surface area contributed by atoms with Crippen molar-refractivity contribution in [3.8, 4) is 17.0 Å². The summed E-state index contributed by atoms with van der Waals surface area (Å²) in [4.78, 5) is 27.5. The first kappa shape index (κ1) is 26.2. The van der Waals surface area contributed by atoms with Crippen LogP contribution in [0.25, 0.3) is 22.2 Å². The summed E-state index contributed by atoms with van der Waals surface area (Å²) < 4.78 is 7.63. The van der Waals surface area contributed by atoms with E-state index in [0.29, 0.717) is 31.2 Å². The number of likely N-dealkylation sites (N-methyl/N-ethyl adjacent to an activating group) is 1. The molecule has 3 heterocycles. The van der Waals surface area contributed by atoms with Gasteiger partial charge in [-0.2, -0.15) is 5.10 Å². The van der Waals surface area contributed by atoms with E-state index in [1.54, 1.807) is 13.4 Å². The van der Waals surface area contributed by atoms with Gasteiger partial charge in [-0.25, -0.2) is 9.97 Å². The molecule has 39 heavy (non-hydrogen) atoms. The molecule has 0 atom stereocenters. The highest BCUT2D eigenvalue weighted by molar-refractivity contribution is 5.85. The molecule has 1 fully saturated rings. The lowest BCUT2D eigenvalue weighted by Crippen LogP contribution is -2.50. The van der Waals surface area contributed by atoms with Crippen LogP contribution in [0.4, 0.5) is 22.9 Å². The zero-order valence-corrected chi connectivity index (χ0v) is 23.1. The van der Waals surface area contributed by atoms with Crippen molar-refractivity contribution in [1.82, 2.24) is 29.5 Å². The van der Waals surface area contributed by atoms with Gasteiger partial charge >= 0.3 is 0 Å². The average molecular weight is 530 g/mol. The largest absolute Gasteiger partial charge is 0.494 e. The van der Waals surface area contributed by atoms with Crippen LogP contribution >= 0.6 is 0 Å². The maximum Gasteiger partial charge on any atom is 0.236 e. The number of benzene rings is 2. The van der Waals surface area contributed by atoms with Crippen LogP contribution in [0, 0.1) is 0 Å². The molecule has 4 aromatic rings. The minimum absolute atomic E-state index is 0.162. The van der Waals surface area contributed by atoms with Gasteiger partial charge in [-0.15, -0.1) is 0 Å². The summed E-state index contributed by atoms with van der Waals surface area (Å²) in [6.07, 6.45) is 3.41. The molecule has 2 aromatic carbocycles. The second kappa shape index (κ2) is 11.2. The van der Waals surface area contributed by atoms with Gasteiger partial charge in [0.2, 0.25) is 5.91 Å². The number of aromatic nitrogens is 4. The minimum atomic E-state index is 0.162. The van der Waals surface area contributed by atoms with Crippen molar-refractivity contribution < 1.29 is 9.53 Å². The fourth-order valence-electron chi connectivity index (χ4n) is 4.91. The number of hydrogen-bond donors (Lipinski definition) is 2. The van der Waals surface area contributed by atoms with E-state index in [0.717, 1.165) is 52.3 Å². The molecular formula is C28H35N9O2. The van der Waals surface area contributed by atoms with Crippen molar-refractivity contribution in [2.45, 2.75) is 0 Å². The molecule has 0 unspecified atom stereocenters. The number of methoxy groups -OCH3 is 1. The molecule has 204 valence electrons. The van der Waals surface area contributed by atoms with E-state index in [9.17, 15) is 4.79 Å². The van der Waals surface area contributed by atoms with E-state index in [1.807, 2.05) is 79.2 Å². The predicted octanol–water partition coefficient (Wildman–Crippen LogP) is 3.03. The third kappa shape index (κ3) is 5.58. The Morgan fingerprint density at radius 1 is 1.05 bits per heavy atom. The Morgan fingerprint density at radius 2 is 1.85 bits per heavy atom. The van der Waals surface area contributed by atoms with E-state index >= 15 is 0 Å². The fourth-order valence-corrected chi connectivity index (χ4v) is 4.91. The number of carbonyl (C=O) groups excluding carboxylic acids is 1. The molecule has 11 heteroatoms. The molecule has 2 N–H and O–H groups in total. The Kier molecular flexibility index (Phi) is 7.51. The average Bonchev–Trinajstić information content (AvgIpc) is 3.32. The summed E-state index contributed by atoms with van der Waals surface area (Å²) in [6.45, 7) is 3.30. The van der Waals surface area contributed by atoms with Crippen molar-refractivity contribution in [1.29, 1.82) is 0 Å². The summed E-state index contributed by atoms with van der Waals surface area (Å²) in [5.74, 6) is 1.52.